The molecule has 31 heavy (non-hydrogen) atoms. The van der Waals surface area contributed by atoms with Gasteiger partial charge in [0.05, 0.1) is 29.6 Å². The summed E-state index contributed by atoms with van der Waals surface area (Å²) in [5, 5.41) is 0.0226. The van der Waals surface area contributed by atoms with Crippen molar-refractivity contribution in [2.75, 3.05) is 20.5 Å². The van der Waals surface area contributed by atoms with Gasteiger partial charge in [-0.2, -0.15) is 0 Å². The number of carbonyl (C=O) groups is 2. The molecule has 0 atom stereocenters. The van der Waals surface area contributed by atoms with Gasteiger partial charge in [-0.05, 0) is 70.0 Å². The average molecular weight is 527 g/mol. The summed E-state index contributed by atoms with van der Waals surface area (Å²) < 4.78 is 22.3. The van der Waals surface area contributed by atoms with E-state index in [4.69, 9.17) is 30.5 Å². The Morgan fingerprint density at radius 1 is 1.23 bits per heavy atom. The van der Waals surface area contributed by atoms with Crippen molar-refractivity contribution < 1.29 is 28.5 Å². The second-order valence-electron chi connectivity index (χ2n) is 6.53. The molecule has 0 aromatic heterocycles. The van der Waals surface area contributed by atoms with E-state index in [9.17, 15) is 9.59 Å². The zero-order valence-corrected chi connectivity index (χ0v) is 19.7. The molecule has 0 aliphatic carbocycles. The number of fused-ring (bicyclic) bond motifs is 1. The highest BCUT2D eigenvalue weighted by atomic mass is 79.9. The van der Waals surface area contributed by atoms with Gasteiger partial charge in [0.25, 0.3) is 11.1 Å². The minimum absolute atomic E-state index is 0.0355. The number of hydrogen-bond acceptors (Lipinski definition) is 7. The van der Waals surface area contributed by atoms with E-state index in [1.165, 1.54) is 7.11 Å². The fourth-order valence-corrected chi connectivity index (χ4v) is 4.77. The molecule has 0 spiro atoms. The summed E-state index contributed by atoms with van der Waals surface area (Å²) >= 11 is 10.6. The number of ether oxygens (including phenoxy) is 4. The zero-order chi connectivity index (χ0) is 22.1. The summed E-state index contributed by atoms with van der Waals surface area (Å²) in [5.74, 6) is 1.78. The summed E-state index contributed by atoms with van der Waals surface area (Å²) in [4.78, 5) is 26.9. The second-order valence-corrected chi connectivity index (χ2v) is 8.79. The largest absolute Gasteiger partial charge is 0.493 e. The maximum absolute atomic E-state index is 12.9. The summed E-state index contributed by atoms with van der Waals surface area (Å²) in [6.07, 6.45) is 1.65. The van der Waals surface area contributed by atoms with E-state index in [1.807, 2.05) is 6.92 Å². The van der Waals surface area contributed by atoms with Gasteiger partial charge in [0, 0.05) is 11.1 Å². The van der Waals surface area contributed by atoms with Gasteiger partial charge in [-0.15, -0.1) is 0 Å². The van der Waals surface area contributed by atoms with Gasteiger partial charge in [-0.3, -0.25) is 14.5 Å². The molecule has 2 amide bonds. The quantitative estimate of drug-likeness (QED) is 0.462. The molecule has 4 rings (SSSR count). The van der Waals surface area contributed by atoms with Crippen molar-refractivity contribution >= 4 is 56.5 Å². The number of halogens is 2. The molecule has 0 radical (unpaired) electrons. The third-order valence-electron chi connectivity index (χ3n) is 4.58. The fourth-order valence-electron chi connectivity index (χ4n) is 3.15. The van der Waals surface area contributed by atoms with Crippen LogP contribution in [-0.2, 0) is 11.3 Å². The van der Waals surface area contributed by atoms with Gasteiger partial charge in [-0.25, -0.2) is 0 Å². The third kappa shape index (κ3) is 4.35. The Morgan fingerprint density at radius 3 is 2.68 bits per heavy atom. The van der Waals surface area contributed by atoms with Crippen molar-refractivity contribution in [1.29, 1.82) is 0 Å². The fraction of sp³-hybridized carbons (Fsp3) is 0.238. The standard InChI is InChI=1S/C21H17BrClNO6S/c1-3-28-19-13(22)4-11(5-17(19)27-2)6-18-20(25)24(21(26)31-18)9-12-7-15-16(8-14(12)23)30-10-29-15/h4-8H,3,9-10H2,1-2H3/b18-6+. The van der Waals surface area contributed by atoms with Crippen LogP contribution in [0.1, 0.15) is 18.1 Å². The molecule has 0 unspecified atom stereocenters. The first kappa shape index (κ1) is 21.9. The molecular weight excluding hydrogens is 510 g/mol. The van der Waals surface area contributed by atoms with E-state index in [2.05, 4.69) is 15.9 Å². The van der Waals surface area contributed by atoms with Crippen molar-refractivity contribution in [3.8, 4) is 23.0 Å². The first-order valence-electron chi connectivity index (χ1n) is 9.25. The van der Waals surface area contributed by atoms with E-state index in [0.29, 0.717) is 55.1 Å². The summed E-state index contributed by atoms with van der Waals surface area (Å²) in [7, 11) is 1.54. The van der Waals surface area contributed by atoms with Crippen molar-refractivity contribution in [1.82, 2.24) is 4.90 Å². The van der Waals surface area contributed by atoms with Gasteiger partial charge in [0.2, 0.25) is 6.79 Å². The molecule has 0 N–H and O–H groups in total. The van der Waals surface area contributed by atoms with Crippen LogP contribution in [-0.4, -0.2) is 36.6 Å². The van der Waals surface area contributed by atoms with Crippen LogP contribution in [0.15, 0.2) is 33.6 Å². The monoisotopic (exact) mass is 525 g/mol. The minimum Gasteiger partial charge on any atom is -0.493 e. The molecule has 0 bridgehead atoms. The Morgan fingerprint density at radius 2 is 1.97 bits per heavy atom. The van der Waals surface area contributed by atoms with Crippen molar-refractivity contribution in [2.24, 2.45) is 0 Å². The Kier molecular flexibility index (Phi) is 6.36. The van der Waals surface area contributed by atoms with Crippen LogP contribution in [0.2, 0.25) is 5.02 Å². The Labute approximate surface area is 196 Å². The first-order chi connectivity index (χ1) is 14.9. The number of amides is 2. The van der Waals surface area contributed by atoms with Gasteiger partial charge in [-0.1, -0.05) is 11.6 Å². The molecule has 1 saturated heterocycles. The van der Waals surface area contributed by atoms with E-state index in [-0.39, 0.29) is 18.6 Å². The minimum atomic E-state index is -0.396. The Bertz CT molecular complexity index is 1110. The average Bonchev–Trinajstić information content (AvgIpc) is 3.29. The van der Waals surface area contributed by atoms with Crippen molar-refractivity contribution in [3.05, 3.63) is 49.8 Å². The molecule has 1 fully saturated rings. The predicted octanol–water partition coefficient (Wildman–Crippen LogP) is 5.48. The molecule has 7 nitrogen and oxygen atoms in total. The normalized spacial score (nSPS) is 16.4. The van der Waals surface area contributed by atoms with Crippen LogP contribution in [0.4, 0.5) is 4.79 Å². The molecule has 2 heterocycles. The van der Waals surface area contributed by atoms with Crippen LogP contribution < -0.4 is 18.9 Å². The molecule has 10 heteroatoms. The number of nitrogens with zero attached hydrogens (tertiary/aromatic N) is 1. The van der Waals surface area contributed by atoms with E-state index in [1.54, 1.807) is 30.3 Å². The van der Waals surface area contributed by atoms with Gasteiger partial charge >= 0.3 is 0 Å². The summed E-state index contributed by atoms with van der Waals surface area (Å²) in [6.45, 7) is 2.51. The van der Waals surface area contributed by atoms with Gasteiger partial charge < -0.3 is 18.9 Å². The lowest BCUT2D eigenvalue weighted by atomic mass is 10.1. The number of methoxy groups -OCH3 is 1. The number of hydrogen-bond donors (Lipinski definition) is 0. The molecule has 2 aliphatic heterocycles. The topological polar surface area (TPSA) is 74.3 Å². The molecular formula is C21H17BrClNO6S. The first-order valence-corrected chi connectivity index (χ1v) is 11.2. The highest BCUT2D eigenvalue weighted by Crippen LogP contribution is 2.41. The highest BCUT2D eigenvalue weighted by Gasteiger charge is 2.36. The third-order valence-corrected chi connectivity index (χ3v) is 6.43. The van der Waals surface area contributed by atoms with E-state index in [0.717, 1.165) is 16.7 Å². The lowest BCUT2D eigenvalue weighted by molar-refractivity contribution is -0.123. The molecule has 2 aromatic rings. The van der Waals surface area contributed by atoms with Crippen molar-refractivity contribution in [2.45, 2.75) is 13.5 Å². The number of benzene rings is 2. The lowest BCUT2D eigenvalue weighted by Gasteiger charge is -2.14. The Hall–Kier alpha value is -2.36. The van der Waals surface area contributed by atoms with Crippen molar-refractivity contribution in [3.63, 3.8) is 0 Å². The van der Waals surface area contributed by atoms with Gasteiger partial charge in [0.15, 0.2) is 23.0 Å². The SMILES string of the molecule is CCOc1c(Br)cc(/C=C2/SC(=O)N(Cc3cc4c(cc3Cl)OCO4)C2=O)cc1OC. The number of rotatable bonds is 6. The predicted molar refractivity (Wildman–Crippen MR) is 121 cm³/mol. The number of carbonyl (C=O) groups excluding carboxylic acids is 2. The number of thioether (sulfide) groups is 1. The van der Waals surface area contributed by atoms with Crippen LogP contribution in [0, 0.1) is 0 Å². The number of imide groups is 1. The molecule has 0 saturated carbocycles. The maximum atomic E-state index is 12.9. The van der Waals surface area contributed by atoms with E-state index >= 15 is 0 Å². The highest BCUT2D eigenvalue weighted by molar-refractivity contribution is 9.10. The second kappa shape index (κ2) is 9.02. The smallest absolute Gasteiger partial charge is 0.293 e. The Balaban J connectivity index is 1.59. The van der Waals surface area contributed by atoms with Crippen LogP contribution in [0.3, 0.4) is 0 Å². The summed E-state index contributed by atoms with van der Waals surface area (Å²) in [6, 6.07) is 6.86. The van der Waals surface area contributed by atoms with Crippen LogP contribution in [0.5, 0.6) is 23.0 Å². The van der Waals surface area contributed by atoms with Crippen LogP contribution >= 0.6 is 39.3 Å². The zero-order valence-electron chi connectivity index (χ0n) is 16.6. The van der Waals surface area contributed by atoms with Crippen LogP contribution in [0.25, 0.3) is 6.08 Å². The van der Waals surface area contributed by atoms with E-state index < -0.39 is 5.91 Å². The molecule has 162 valence electrons. The molecule has 2 aromatic carbocycles. The van der Waals surface area contributed by atoms with Gasteiger partial charge in [0.1, 0.15) is 0 Å². The summed E-state index contributed by atoms with van der Waals surface area (Å²) in [5.41, 5.74) is 1.29. The molecule has 2 aliphatic rings. The maximum Gasteiger partial charge on any atom is 0.293 e. The lowest BCUT2D eigenvalue weighted by Crippen LogP contribution is -2.27.